The third-order valence-corrected chi connectivity index (χ3v) is 3.22. The molecule has 0 saturated carbocycles. The van der Waals surface area contributed by atoms with Gasteiger partial charge in [-0.2, -0.15) is 0 Å². The average Bonchev–Trinajstić information content (AvgIpc) is 2.46. The van der Waals surface area contributed by atoms with E-state index in [9.17, 15) is 10.1 Å². The van der Waals surface area contributed by atoms with Crippen molar-refractivity contribution in [2.24, 2.45) is 0 Å². The molecule has 0 atom stereocenters. The normalized spacial score (nSPS) is 11.1. The van der Waals surface area contributed by atoms with E-state index in [1.165, 1.54) is 23.9 Å². The third kappa shape index (κ3) is 3.32. The van der Waals surface area contributed by atoms with Gasteiger partial charge in [-0.25, -0.2) is 4.98 Å². The number of aromatic nitrogens is 1. The highest BCUT2D eigenvalue weighted by molar-refractivity contribution is 5.45. The number of nitrogens with one attached hydrogen (secondary N) is 1. The number of hydrogen-bond donors (Lipinski definition) is 1. The van der Waals surface area contributed by atoms with Crippen LogP contribution in [0.4, 0.5) is 11.5 Å². The number of pyridine rings is 1. The molecule has 1 aromatic heterocycles. The molecule has 5 nitrogen and oxygen atoms in total. The Morgan fingerprint density at radius 1 is 1.25 bits per heavy atom. The molecular formula is C15H17N3O2. The predicted molar refractivity (Wildman–Crippen MR) is 78.8 cm³/mol. The fourth-order valence-electron chi connectivity index (χ4n) is 1.93. The second kappa shape index (κ2) is 5.69. The first-order valence-corrected chi connectivity index (χ1v) is 6.39. The lowest BCUT2D eigenvalue weighted by atomic mass is 9.84. The zero-order valence-electron chi connectivity index (χ0n) is 11.5. The van der Waals surface area contributed by atoms with E-state index in [4.69, 9.17) is 0 Å². The minimum absolute atomic E-state index is 0.0417. The summed E-state index contributed by atoms with van der Waals surface area (Å²) < 4.78 is 0. The van der Waals surface area contributed by atoms with Crippen LogP contribution >= 0.6 is 0 Å². The summed E-state index contributed by atoms with van der Waals surface area (Å²) in [6.07, 6.45) is 1.44. The fourth-order valence-corrected chi connectivity index (χ4v) is 1.93. The zero-order chi connectivity index (χ0) is 14.6. The molecule has 104 valence electrons. The van der Waals surface area contributed by atoms with Crippen molar-refractivity contribution in [3.63, 3.8) is 0 Å². The van der Waals surface area contributed by atoms with Gasteiger partial charge in [0.15, 0.2) is 0 Å². The van der Waals surface area contributed by atoms with Gasteiger partial charge in [0.05, 0.1) is 11.0 Å². The predicted octanol–water partition coefficient (Wildman–Crippen LogP) is 3.38. The molecule has 1 N–H and O–H groups in total. The van der Waals surface area contributed by atoms with Crippen LogP contribution in [-0.2, 0) is 5.41 Å². The number of rotatable bonds is 5. The smallest absolute Gasteiger partial charge is 0.274 e. The topological polar surface area (TPSA) is 68.1 Å². The molecule has 0 aliphatic heterocycles. The lowest BCUT2D eigenvalue weighted by Gasteiger charge is -2.25. The number of benzene rings is 1. The molecule has 0 spiro atoms. The SMILES string of the molecule is CC(C)(CNc1cc([N+](=O)[O-])ccn1)c1ccccc1. The maximum atomic E-state index is 10.7. The quantitative estimate of drug-likeness (QED) is 0.668. The van der Waals surface area contributed by atoms with Gasteiger partial charge in [-0.05, 0) is 5.56 Å². The molecule has 0 fully saturated rings. The molecule has 2 aromatic rings. The molecule has 0 bridgehead atoms. The molecular weight excluding hydrogens is 254 g/mol. The number of nitrogens with zero attached hydrogens (tertiary/aromatic N) is 2. The summed E-state index contributed by atoms with van der Waals surface area (Å²) in [6, 6.07) is 13.0. The van der Waals surface area contributed by atoms with Crippen LogP contribution in [0.15, 0.2) is 48.7 Å². The lowest BCUT2D eigenvalue weighted by Crippen LogP contribution is -2.27. The van der Waals surface area contributed by atoms with Crippen molar-refractivity contribution in [3.8, 4) is 0 Å². The maximum Gasteiger partial charge on any atom is 0.274 e. The van der Waals surface area contributed by atoms with Crippen LogP contribution in [0.5, 0.6) is 0 Å². The minimum atomic E-state index is -0.421. The van der Waals surface area contributed by atoms with E-state index < -0.39 is 4.92 Å². The molecule has 20 heavy (non-hydrogen) atoms. The zero-order valence-corrected chi connectivity index (χ0v) is 11.5. The van der Waals surface area contributed by atoms with Crippen molar-refractivity contribution in [3.05, 3.63) is 64.3 Å². The summed E-state index contributed by atoms with van der Waals surface area (Å²) in [5.74, 6) is 0.517. The lowest BCUT2D eigenvalue weighted by molar-refractivity contribution is -0.384. The van der Waals surface area contributed by atoms with Crippen LogP contribution < -0.4 is 5.32 Å². The molecule has 0 radical (unpaired) electrons. The van der Waals surface area contributed by atoms with Crippen molar-refractivity contribution in [1.82, 2.24) is 4.98 Å². The van der Waals surface area contributed by atoms with E-state index in [1.54, 1.807) is 0 Å². The summed E-state index contributed by atoms with van der Waals surface area (Å²) in [4.78, 5) is 14.4. The van der Waals surface area contributed by atoms with Gasteiger partial charge in [-0.15, -0.1) is 0 Å². The van der Waals surface area contributed by atoms with Gasteiger partial charge in [-0.1, -0.05) is 44.2 Å². The Morgan fingerprint density at radius 3 is 2.60 bits per heavy atom. The average molecular weight is 271 g/mol. The monoisotopic (exact) mass is 271 g/mol. The van der Waals surface area contributed by atoms with Gasteiger partial charge in [0.1, 0.15) is 5.82 Å². The first-order valence-electron chi connectivity index (χ1n) is 6.39. The Labute approximate surface area is 117 Å². The first-order chi connectivity index (χ1) is 9.49. The Hall–Kier alpha value is -2.43. The largest absolute Gasteiger partial charge is 0.369 e. The summed E-state index contributed by atoms with van der Waals surface area (Å²) in [5, 5.41) is 13.9. The molecule has 1 heterocycles. The highest BCUT2D eigenvalue weighted by Crippen LogP contribution is 2.23. The van der Waals surface area contributed by atoms with E-state index in [1.807, 2.05) is 18.2 Å². The first kappa shape index (κ1) is 14.0. The van der Waals surface area contributed by atoms with Crippen LogP contribution in [0.1, 0.15) is 19.4 Å². The number of nitro groups is 1. The molecule has 0 aliphatic carbocycles. The van der Waals surface area contributed by atoms with E-state index in [2.05, 4.69) is 36.3 Å². The highest BCUT2D eigenvalue weighted by Gasteiger charge is 2.20. The summed E-state index contributed by atoms with van der Waals surface area (Å²) in [7, 11) is 0. The van der Waals surface area contributed by atoms with Gasteiger partial charge in [-0.3, -0.25) is 10.1 Å². The second-order valence-electron chi connectivity index (χ2n) is 5.26. The van der Waals surface area contributed by atoms with Crippen molar-refractivity contribution in [2.75, 3.05) is 11.9 Å². The third-order valence-electron chi connectivity index (χ3n) is 3.22. The molecule has 1 aromatic carbocycles. The Morgan fingerprint density at radius 2 is 1.95 bits per heavy atom. The van der Waals surface area contributed by atoms with Crippen molar-refractivity contribution in [2.45, 2.75) is 19.3 Å². The van der Waals surface area contributed by atoms with Gasteiger partial charge in [0.2, 0.25) is 0 Å². The summed E-state index contributed by atoms with van der Waals surface area (Å²) in [5.41, 5.74) is 1.16. The van der Waals surface area contributed by atoms with Crippen molar-refractivity contribution >= 4 is 11.5 Å². The molecule has 0 aliphatic rings. The molecule has 2 rings (SSSR count). The Kier molecular flexibility index (Phi) is 3.98. The number of hydrogen-bond acceptors (Lipinski definition) is 4. The maximum absolute atomic E-state index is 10.7. The van der Waals surface area contributed by atoms with Crippen LogP contribution in [-0.4, -0.2) is 16.5 Å². The van der Waals surface area contributed by atoms with Crippen LogP contribution in [0.3, 0.4) is 0 Å². The van der Waals surface area contributed by atoms with E-state index in [0.29, 0.717) is 12.4 Å². The second-order valence-corrected chi connectivity index (χ2v) is 5.26. The molecule has 0 unspecified atom stereocenters. The fraction of sp³-hybridized carbons (Fsp3) is 0.267. The molecule has 0 amide bonds. The standard InChI is InChI=1S/C15H17N3O2/c1-15(2,12-6-4-3-5-7-12)11-17-14-10-13(18(19)20)8-9-16-14/h3-10H,11H2,1-2H3,(H,16,17). The van der Waals surface area contributed by atoms with Gasteiger partial charge in [0.25, 0.3) is 5.69 Å². The molecule has 5 heteroatoms. The minimum Gasteiger partial charge on any atom is -0.369 e. The summed E-state index contributed by atoms with van der Waals surface area (Å²) >= 11 is 0. The van der Waals surface area contributed by atoms with Gasteiger partial charge in [0, 0.05) is 24.2 Å². The van der Waals surface area contributed by atoms with Gasteiger partial charge < -0.3 is 5.32 Å². The van der Waals surface area contributed by atoms with E-state index in [-0.39, 0.29) is 11.1 Å². The Bertz CT molecular complexity index is 597. The van der Waals surface area contributed by atoms with Crippen molar-refractivity contribution < 1.29 is 4.92 Å². The number of anilines is 1. The van der Waals surface area contributed by atoms with E-state index >= 15 is 0 Å². The van der Waals surface area contributed by atoms with Crippen LogP contribution in [0, 0.1) is 10.1 Å². The Balaban J connectivity index is 2.08. The van der Waals surface area contributed by atoms with Crippen LogP contribution in [0.2, 0.25) is 0 Å². The van der Waals surface area contributed by atoms with Crippen molar-refractivity contribution in [1.29, 1.82) is 0 Å². The molecule has 0 saturated heterocycles. The summed E-state index contributed by atoms with van der Waals surface area (Å²) in [6.45, 7) is 4.88. The van der Waals surface area contributed by atoms with Gasteiger partial charge >= 0.3 is 0 Å². The highest BCUT2D eigenvalue weighted by atomic mass is 16.6. The van der Waals surface area contributed by atoms with Crippen LogP contribution in [0.25, 0.3) is 0 Å². The van der Waals surface area contributed by atoms with E-state index in [0.717, 1.165) is 0 Å².